The number of nitrogens with zero attached hydrogens (tertiary/aromatic N) is 3. The van der Waals surface area contributed by atoms with Crippen molar-refractivity contribution in [2.45, 2.75) is 13.8 Å². The van der Waals surface area contributed by atoms with Crippen LogP contribution in [0.25, 0.3) is 0 Å². The second-order valence-electron chi connectivity index (χ2n) is 6.79. The van der Waals surface area contributed by atoms with E-state index in [4.69, 9.17) is 10.5 Å². The number of aliphatic imine (C=N–C) groups is 1. The molecule has 1 fully saturated rings. The van der Waals surface area contributed by atoms with Gasteiger partial charge in [-0.15, -0.1) is 0 Å². The van der Waals surface area contributed by atoms with Gasteiger partial charge in [-0.05, 0) is 60.1 Å². The fourth-order valence-corrected chi connectivity index (χ4v) is 3.67. The van der Waals surface area contributed by atoms with Crippen molar-refractivity contribution in [3.63, 3.8) is 0 Å². The first-order valence-electron chi connectivity index (χ1n) is 9.54. The normalized spacial score (nSPS) is 20.6. The molecule has 0 bridgehead atoms. The van der Waals surface area contributed by atoms with Crippen LogP contribution in [0, 0.1) is 0 Å². The second kappa shape index (κ2) is 9.28. The summed E-state index contributed by atoms with van der Waals surface area (Å²) in [6.45, 7) is 11.4. The largest absolute Gasteiger partial charge is 0.402 e. The topological polar surface area (TPSA) is 83.2 Å². The maximum Gasteiger partial charge on any atom is 0.266 e. The van der Waals surface area contributed by atoms with Crippen molar-refractivity contribution in [1.29, 1.82) is 0 Å². The van der Waals surface area contributed by atoms with E-state index in [2.05, 4.69) is 49.9 Å². The summed E-state index contributed by atoms with van der Waals surface area (Å²) in [6.07, 6.45) is 1.70. The quantitative estimate of drug-likeness (QED) is 0.706. The minimum Gasteiger partial charge on any atom is -0.402 e. The Kier molecular flexibility index (Phi) is 6.76. The number of rotatable bonds is 5. The summed E-state index contributed by atoms with van der Waals surface area (Å²) in [6, 6.07) is 8.10. The van der Waals surface area contributed by atoms with Crippen LogP contribution in [0.2, 0.25) is 0 Å². The second-order valence-corrected chi connectivity index (χ2v) is 7.65. The van der Waals surface area contributed by atoms with E-state index in [9.17, 15) is 4.79 Å². The van der Waals surface area contributed by atoms with Crippen LogP contribution >= 0.6 is 15.9 Å². The highest BCUT2D eigenvalue weighted by molar-refractivity contribution is 9.12. The molecule has 1 aromatic rings. The predicted octanol–water partition coefficient (Wildman–Crippen LogP) is 3.18. The lowest BCUT2D eigenvalue weighted by atomic mass is 10.1. The summed E-state index contributed by atoms with van der Waals surface area (Å²) < 4.78 is 5.85. The SMILES string of the molecule is C=C(/N=C1\C(=C(\C)N)C=C(Br)C(=O)N1CC)Nc1ccc(N2CCOCC2)cc1. The number of halogens is 1. The number of benzene rings is 1. The average molecular weight is 460 g/mol. The number of hydrogen-bond acceptors (Lipinski definition) is 6. The van der Waals surface area contributed by atoms with Crippen LogP contribution in [-0.2, 0) is 9.53 Å². The van der Waals surface area contributed by atoms with Gasteiger partial charge in [-0.25, -0.2) is 4.99 Å². The van der Waals surface area contributed by atoms with Crippen molar-refractivity contribution in [3.8, 4) is 0 Å². The molecule has 0 saturated carbocycles. The van der Waals surface area contributed by atoms with Gasteiger partial charge in [0.05, 0.1) is 17.7 Å². The summed E-state index contributed by atoms with van der Waals surface area (Å²) in [5.74, 6) is 0.762. The monoisotopic (exact) mass is 459 g/mol. The summed E-state index contributed by atoms with van der Waals surface area (Å²) in [4.78, 5) is 20.9. The van der Waals surface area contributed by atoms with Gasteiger partial charge in [0.15, 0.2) is 0 Å². The zero-order valence-corrected chi connectivity index (χ0v) is 18.3. The number of nitrogens with one attached hydrogen (secondary N) is 1. The Morgan fingerprint density at radius 2 is 1.97 bits per heavy atom. The molecule has 0 radical (unpaired) electrons. The van der Waals surface area contributed by atoms with E-state index >= 15 is 0 Å². The van der Waals surface area contributed by atoms with Gasteiger partial charge in [0.25, 0.3) is 5.91 Å². The molecule has 3 N–H and O–H groups in total. The molecule has 1 aromatic carbocycles. The molecule has 3 rings (SSSR count). The number of amides is 1. The van der Waals surface area contributed by atoms with Crippen molar-refractivity contribution < 1.29 is 9.53 Å². The molecule has 2 aliphatic heterocycles. The lowest BCUT2D eigenvalue weighted by Crippen LogP contribution is -2.41. The van der Waals surface area contributed by atoms with Gasteiger partial charge in [-0.1, -0.05) is 6.58 Å². The third-order valence-electron chi connectivity index (χ3n) is 4.73. The van der Waals surface area contributed by atoms with Crippen LogP contribution in [0.4, 0.5) is 11.4 Å². The van der Waals surface area contributed by atoms with E-state index in [0.29, 0.717) is 34.0 Å². The number of nitrogens with two attached hydrogens (primary N) is 1. The predicted molar refractivity (Wildman–Crippen MR) is 121 cm³/mol. The molecule has 0 atom stereocenters. The molecular formula is C21H26BrN5O2. The van der Waals surface area contributed by atoms with Gasteiger partial charge >= 0.3 is 0 Å². The maximum atomic E-state index is 12.5. The van der Waals surface area contributed by atoms with Crippen molar-refractivity contribution in [2.75, 3.05) is 43.1 Å². The fraction of sp³-hybridized carbons (Fsp3) is 0.333. The number of carbonyl (C=O) groups excluding carboxylic acids is 1. The van der Waals surface area contributed by atoms with E-state index in [1.54, 1.807) is 17.9 Å². The molecule has 0 aromatic heterocycles. The molecule has 2 aliphatic rings. The van der Waals surface area contributed by atoms with Gasteiger partial charge in [-0.2, -0.15) is 0 Å². The molecular weight excluding hydrogens is 434 g/mol. The lowest BCUT2D eigenvalue weighted by Gasteiger charge is -2.29. The molecule has 29 heavy (non-hydrogen) atoms. The first-order chi connectivity index (χ1) is 13.9. The van der Waals surface area contributed by atoms with E-state index < -0.39 is 0 Å². The van der Waals surface area contributed by atoms with Gasteiger partial charge in [0.1, 0.15) is 11.7 Å². The van der Waals surface area contributed by atoms with Gasteiger partial charge in [0.2, 0.25) is 0 Å². The first-order valence-corrected chi connectivity index (χ1v) is 10.3. The van der Waals surface area contributed by atoms with Crippen molar-refractivity contribution in [1.82, 2.24) is 4.90 Å². The number of allylic oxidation sites excluding steroid dienone is 1. The highest BCUT2D eigenvalue weighted by Gasteiger charge is 2.28. The Hall–Kier alpha value is -2.58. The maximum absolute atomic E-state index is 12.5. The third kappa shape index (κ3) is 4.89. The standard InChI is InChI=1S/C21H26BrN5O2/c1-4-27-20(18(14(2)23)13-19(22)21(27)28)25-15(3)24-16-5-7-17(8-6-16)26-9-11-29-12-10-26/h5-8,13,24H,3-4,9-12,23H2,1-2H3/b18-14-,25-20+. The zero-order valence-electron chi connectivity index (χ0n) is 16.7. The highest BCUT2D eigenvalue weighted by Crippen LogP contribution is 2.25. The van der Waals surface area contributed by atoms with Crippen LogP contribution in [0.1, 0.15) is 13.8 Å². The van der Waals surface area contributed by atoms with Crippen molar-refractivity contribution >= 4 is 39.0 Å². The number of likely N-dealkylation sites (N-methyl/N-ethyl adjacent to an activating group) is 1. The van der Waals surface area contributed by atoms with E-state index in [0.717, 1.165) is 37.7 Å². The van der Waals surface area contributed by atoms with Crippen molar-refractivity contribution in [3.05, 3.63) is 58.5 Å². The molecule has 2 heterocycles. The van der Waals surface area contributed by atoms with Crippen molar-refractivity contribution in [2.24, 2.45) is 10.7 Å². The fourth-order valence-electron chi connectivity index (χ4n) is 3.23. The van der Waals surface area contributed by atoms with E-state index in [1.807, 2.05) is 19.1 Å². The molecule has 0 spiro atoms. The van der Waals surface area contributed by atoms with Crippen LogP contribution in [-0.4, -0.2) is 49.5 Å². The molecule has 1 saturated heterocycles. The molecule has 154 valence electrons. The van der Waals surface area contributed by atoms with E-state index in [-0.39, 0.29) is 5.91 Å². The summed E-state index contributed by atoms with van der Waals surface area (Å²) in [5, 5.41) is 3.19. The van der Waals surface area contributed by atoms with Gasteiger partial charge < -0.3 is 20.7 Å². The lowest BCUT2D eigenvalue weighted by molar-refractivity contribution is -0.122. The highest BCUT2D eigenvalue weighted by atomic mass is 79.9. The number of morpholine rings is 1. The minimum atomic E-state index is -0.154. The number of anilines is 2. The Labute approximate surface area is 179 Å². The molecule has 0 unspecified atom stereocenters. The van der Waals surface area contributed by atoms with Gasteiger partial charge in [0, 0.05) is 42.3 Å². The van der Waals surface area contributed by atoms with Crippen LogP contribution < -0.4 is 16.0 Å². The van der Waals surface area contributed by atoms with Crippen LogP contribution in [0.15, 0.2) is 63.5 Å². The number of carbonyl (C=O) groups is 1. The molecule has 0 aliphatic carbocycles. The van der Waals surface area contributed by atoms with Crippen LogP contribution in [0.5, 0.6) is 0 Å². The van der Waals surface area contributed by atoms with E-state index in [1.165, 1.54) is 0 Å². The first kappa shape index (κ1) is 21.1. The Bertz CT molecular complexity index is 879. The molecule has 7 nitrogen and oxygen atoms in total. The summed E-state index contributed by atoms with van der Waals surface area (Å²) in [7, 11) is 0. The Morgan fingerprint density at radius 3 is 2.55 bits per heavy atom. The number of amidine groups is 1. The number of ether oxygens (including phenoxy) is 1. The third-order valence-corrected chi connectivity index (χ3v) is 5.30. The Balaban J connectivity index is 1.78. The van der Waals surface area contributed by atoms with Crippen LogP contribution in [0.3, 0.4) is 0 Å². The zero-order chi connectivity index (χ0) is 21.0. The average Bonchev–Trinajstić information content (AvgIpc) is 2.72. The summed E-state index contributed by atoms with van der Waals surface area (Å²) >= 11 is 3.31. The smallest absolute Gasteiger partial charge is 0.266 e. The Morgan fingerprint density at radius 1 is 1.31 bits per heavy atom. The number of hydrogen-bond donors (Lipinski definition) is 2. The molecule has 8 heteroatoms. The van der Waals surface area contributed by atoms with Gasteiger partial charge in [-0.3, -0.25) is 9.69 Å². The summed E-state index contributed by atoms with van der Waals surface area (Å²) in [5.41, 5.74) is 9.33. The molecule has 1 amide bonds. The minimum absolute atomic E-state index is 0.154.